The molecule has 8 heteroatoms. The highest BCUT2D eigenvalue weighted by atomic mass is 19.1. The van der Waals surface area contributed by atoms with Crippen molar-refractivity contribution in [3.8, 4) is 11.5 Å². The fraction of sp³-hybridized carbons (Fsp3) is 0.278. The molecular formula is C18H17FN2O5. The number of nitrogens with one attached hydrogen (secondary N) is 1. The summed E-state index contributed by atoms with van der Waals surface area (Å²) in [6, 6.07) is 9.30. The molecule has 1 N–H and O–H groups in total. The van der Waals surface area contributed by atoms with E-state index in [1.54, 1.807) is 0 Å². The molecule has 26 heavy (non-hydrogen) atoms. The molecule has 0 aromatic heterocycles. The first-order chi connectivity index (χ1) is 12.5. The summed E-state index contributed by atoms with van der Waals surface area (Å²) < 4.78 is 24.2. The van der Waals surface area contributed by atoms with E-state index >= 15 is 0 Å². The van der Waals surface area contributed by atoms with Gasteiger partial charge in [0.15, 0.2) is 11.5 Å². The van der Waals surface area contributed by atoms with Gasteiger partial charge in [-0.15, -0.1) is 0 Å². The molecule has 2 aromatic rings. The Morgan fingerprint density at radius 1 is 1.23 bits per heavy atom. The standard InChI is InChI=1S/C18H17FN2O5/c1-25-15-9-8-14(21(23)24)10-16(15)26-17(18(22)20-13-6-7-13)11-2-4-12(19)5-3-11/h2-5,8-10,13,17H,6-7H2,1H3,(H,20,22). The molecule has 1 fully saturated rings. The Morgan fingerprint density at radius 3 is 2.50 bits per heavy atom. The summed E-state index contributed by atoms with van der Waals surface area (Å²) in [5.41, 5.74) is 0.236. The number of nitro groups is 1. The molecule has 0 radical (unpaired) electrons. The van der Waals surface area contributed by atoms with Gasteiger partial charge in [-0.05, 0) is 31.0 Å². The Labute approximate surface area is 148 Å². The molecule has 3 rings (SSSR count). The zero-order chi connectivity index (χ0) is 18.7. The van der Waals surface area contributed by atoms with Crippen LogP contribution in [0.5, 0.6) is 11.5 Å². The fourth-order valence-corrected chi connectivity index (χ4v) is 2.41. The molecule has 1 aliphatic rings. The third-order valence-electron chi connectivity index (χ3n) is 3.94. The van der Waals surface area contributed by atoms with Gasteiger partial charge in [0.05, 0.1) is 18.1 Å². The largest absolute Gasteiger partial charge is 0.493 e. The summed E-state index contributed by atoms with van der Waals surface area (Å²) in [5.74, 6) is -0.528. The molecule has 1 unspecified atom stereocenters. The quantitative estimate of drug-likeness (QED) is 0.605. The Morgan fingerprint density at radius 2 is 1.92 bits per heavy atom. The number of nitrogens with zero attached hydrogens (tertiary/aromatic N) is 1. The second-order valence-corrected chi connectivity index (χ2v) is 5.92. The number of ether oxygens (including phenoxy) is 2. The van der Waals surface area contributed by atoms with Crippen molar-refractivity contribution >= 4 is 11.6 Å². The molecule has 1 saturated carbocycles. The van der Waals surface area contributed by atoms with Crippen LogP contribution in [0, 0.1) is 15.9 Å². The minimum atomic E-state index is -1.09. The van der Waals surface area contributed by atoms with Crippen LogP contribution in [-0.2, 0) is 4.79 Å². The second-order valence-electron chi connectivity index (χ2n) is 5.92. The van der Waals surface area contributed by atoms with Crippen LogP contribution in [-0.4, -0.2) is 24.0 Å². The number of amides is 1. The number of methoxy groups -OCH3 is 1. The van der Waals surface area contributed by atoms with Crippen molar-refractivity contribution in [1.82, 2.24) is 5.32 Å². The maximum atomic E-state index is 13.2. The number of rotatable bonds is 7. The first-order valence-electron chi connectivity index (χ1n) is 8.03. The third-order valence-corrected chi connectivity index (χ3v) is 3.94. The highest BCUT2D eigenvalue weighted by molar-refractivity contribution is 5.83. The Hall–Kier alpha value is -3.16. The third kappa shape index (κ3) is 4.08. The predicted molar refractivity (Wildman–Crippen MR) is 90.6 cm³/mol. The zero-order valence-corrected chi connectivity index (χ0v) is 14.0. The van der Waals surface area contributed by atoms with E-state index in [0.717, 1.165) is 12.8 Å². The van der Waals surface area contributed by atoms with Crippen molar-refractivity contribution in [1.29, 1.82) is 0 Å². The first-order valence-corrected chi connectivity index (χ1v) is 8.03. The van der Waals surface area contributed by atoms with Gasteiger partial charge in [-0.2, -0.15) is 0 Å². The molecule has 2 aromatic carbocycles. The van der Waals surface area contributed by atoms with Gasteiger partial charge >= 0.3 is 0 Å². The smallest absolute Gasteiger partial charge is 0.273 e. The Bertz CT molecular complexity index is 821. The molecule has 0 heterocycles. The minimum absolute atomic E-state index is 0.0574. The topological polar surface area (TPSA) is 90.7 Å². The lowest BCUT2D eigenvalue weighted by Crippen LogP contribution is -2.34. The van der Waals surface area contributed by atoms with Gasteiger partial charge in [0.25, 0.3) is 11.6 Å². The van der Waals surface area contributed by atoms with Gasteiger partial charge in [-0.25, -0.2) is 4.39 Å². The molecule has 1 amide bonds. The van der Waals surface area contributed by atoms with Crippen molar-refractivity contribution in [2.45, 2.75) is 25.0 Å². The number of carbonyl (C=O) groups excluding carboxylic acids is 1. The van der Waals surface area contributed by atoms with Crippen LogP contribution < -0.4 is 14.8 Å². The molecular weight excluding hydrogens is 343 g/mol. The summed E-state index contributed by atoms with van der Waals surface area (Å²) in [4.78, 5) is 23.1. The SMILES string of the molecule is COc1ccc([N+](=O)[O-])cc1OC(C(=O)NC1CC1)c1ccc(F)cc1. The van der Waals surface area contributed by atoms with Crippen LogP contribution in [0.3, 0.4) is 0 Å². The van der Waals surface area contributed by atoms with Gasteiger partial charge in [-0.1, -0.05) is 12.1 Å². The fourth-order valence-electron chi connectivity index (χ4n) is 2.41. The molecule has 0 saturated heterocycles. The van der Waals surface area contributed by atoms with Gasteiger partial charge in [0.2, 0.25) is 6.10 Å². The van der Waals surface area contributed by atoms with E-state index in [9.17, 15) is 19.3 Å². The Balaban J connectivity index is 1.94. The normalized spacial score (nSPS) is 14.4. The summed E-state index contributed by atoms with van der Waals surface area (Å²) >= 11 is 0. The van der Waals surface area contributed by atoms with Crippen LogP contribution >= 0.6 is 0 Å². The average molecular weight is 360 g/mol. The molecule has 1 atom stereocenters. The van der Waals surface area contributed by atoms with Gasteiger partial charge in [0.1, 0.15) is 5.82 Å². The van der Waals surface area contributed by atoms with E-state index in [0.29, 0.717) is 5.56 Å². The number of halogens is 1. The second kappa shape index (κ2) is 7.38. The summed E-state index contributed by atoms with van der Waals surface area (Å²) in [7, 11) is 1.39. The molecule has 1 aliphatic carbocycles. The highest BCUT2D eigenvalue weighted by Gasteiger charge is 2.30. The van der Waals surface area contributed by atoms with E-state index in [1.165, 1.54) is 49.6 Å². The van der Waals surface area contributed by atoms with Crippen molar-refractivity contribution in [3.05, 3.63) is 64.0 Å². The number of benzene rings is 2. The van der Waals surface area contributed by atoms with Crippen LogP contribution in [0.25, 0.3) is 0 Å². The van der Waals surface area contributed by atoms with Gasteiger partial charge in [-0.3, -0.25) is 14.9 Å². The number of hydrogen-bond acceptors (Lipinski definition) is 5. The number of carbonyl (C=O) groups is 1. The maximum absolute atomic E-state index is 13.2. The van der Waals surface area contributed by atoms with E-state index < -0.39 is 22.8 Å². The summed E-state index contributed by atoms with van der Waals surface area (Å²) in [6.45, 7) is 0. The number of hydrogen-bond donors (Lipinski definition) is 1. The zero-order valence-electron chi connectivity index (χ0n) is 14.0. The first kappa shape index (κ1) is 17.7. The maximum Gasteiger partial charge on any atom is 0.273 e. The lowest BCUT2D eigenvalue weighted by Gasteiger charge is -2.20. The molecule has 0 spiro atoms. The van der Waals surface area contributed by atoms with Gasteiger partial charge in [0, 0.05) is 17.7 Å². The van der Waals surface area contributed by atoms with Crippen molar-refractivity contribution < 1.29 is 23.6 Å². The van der Waals surface area contributed by atoms with E-state index in [-0.39, 0.29) is 23.2 Å². The monoisotopic (exact) mass is 360 g/mol. The molecule has 7 nitrogen and oxygen atoms in total. The number of nitro benzene ring substituents is 1. The predicted octanol–water partition coefficient (Wildman–Crippen LogP) is 3.14. The van der Waals surface area contributed by atoms with Crippen LogP contribution in [0.2, 0.25) is 0 Å². The van der Waals surface area contributed by atoms with E-state index in [2.05, 4.69) is 5.32 Å². The molecule has 136 valence electrons. The molecule has 0 aliphatic heterocycles. The molecule has 0 bridgehead atoms. The van der Waals surface area contributed by atoms with Crippen LogP contribution in [0.4, 0.5) is 10.1 Å². The van der Waals surface area contributed by atoms with E-state index in [4.69, 9.17) is 9.47 Å². The Kier molecular flexibility index (Phi) is 5.01. The summed E-state index contributed by atoms with van der Waals surface area (Å²) in [6.07, 6.45) is 0.691. The summed E-state index contributed by atoms with van der Waals surface area (Å²) in [5, 5.41) is 13.9. The van der Waals surface area contributed by atoms with Crippen LogP contribution in [0.15, 0.2) is 42.5 Å². The highest BCUT2D eigenvalue weighted by Crippen LogP contribution is 2.35. The lowest BCUT2D eigenvalue weighted by molar-refractivity contribution is -0.385. The van der Waals surface area contributed by atoms with Crippen molar-refractivity contribution in [3.63, 3.8) is 0 Å². The van der Waals surface area contributed by atoms with E-state index in [1.807, 2.05) is 0 Å². The van der Waals surface area contributed by atoms with Crippen LogP contribution in [0.1, 0.15) is 24.5 Å². The average Bonchev–Trinajstić information content (AvgIpc) is 3.44. The van der Waals surface area contributed by atoms with Crippen molar-refractivity contribution in [2.24, 2.45) is 0 Å². The number of non-ortho nitro benzene ring substituents is 1. The lowest BCUT2D eigenvalue weighted by atomic mass is 10.1. The minimum Gasteiger partial charge on any atom is -0.493 e. The van der Waals surface area contributed by atoms with Crippen molar-refractivity contribution in [2.75, 3.05) is 7.11 Å². The van der Waals surface area contributed by atoms with Gasteiger partial charge < -0.3 is 14.8 Å².